The number of allylic oxidation sites excluding steroid dienone is 2. The van der Waals surface area contributed by atoms with Crippen LogP contribution in [0.25, 0.3) is 11.1 Å². The first kappa shape index (κ1) is 32.7. The molecule has 0 aromatic heterocycles. The number of carbonyl (C=O) groups is 4. The highest BCUT2D eigenvalue weighted by Crippen LogP contribution is 2.44. The molecule has 3 unspecified atom stereocenters. The van der Waals surface area contributed by atoms with Crippen LogP contribution < -0.4 is 16.0 Å². The van der Waals surface area contributed by atoms with Crippen molar-refractivity contribution in [3.63, 3.8) is 0 Å². The SMILES string of the molecule is CC1COC(=O)C(NC(=O)OCC2c3ccccc3-c3ccccc32)CCC=CCC(CC(=O)NCCOCCO)C(=O)N1. The zero-order valence-corrected chi connectivity index (χ0v) is 25.0. The molecule has 44 heavy (non-hydrogen) atoms. The number of carbonyl (C=O) groups excluding carboxylic acids is 4. The van der Waals surface area contributed by atoms with Crippen molar-refractivity contribution in [1.82, 2.24) is 16.0 Å². The minimum Gasteiger partial charge on any atom is -0.462 e. The normalized spacial score (nSPS) is 20.5. The molecule has 0 spiro atoms. The standard InChI is InChI=1S/C33H41N3O8/c1-22-20-43-32(40)29(14-4-2-3-9-23(31(39)35-22)19-30(38)34-15-17-42-18-16-37)36-33(41)44-21-28-26-12-7-5-10-24(26)25-11-6-8-13-27(25)28/h2-3,5-8,10-13,22-23,28-29,37H,4,9,14-21H2,1H3,(H,34,38)(H,35,39)(H,36,41). The number of cyclic esters (lactones) is 1. The number of benzene rings is 2. The number of fused-ring (bicyclic) bond motifs is 3. The molecule has 11 nitrogen and oxygen atoms in total. The number of rotatable bonds is 10. The molecule has 0 fully saturated rings. The summed E-state index contributed by atoms with van der Waals surface area (Å²) in [6, 6.07) is 14.6. The molecule has 236 valence electrons. The van der Waals surface area contributed by atoms with Crippen molar-refractivity contribution in [1.29, 1.82) is 0 Å². The van der Waals surface area contributed by atoms with Gasteiger partial charge in [-0.3, -0.25) is 9.59 Å². The van der Waals surface area contributed by atoms with E-state index in [1.165, 1.54) is 0 Å². The van der Waals surface area contributed by atoms with Crippen LogP contribution in [0.15, 0.2) is 60.7 Å². The van der Waals surface area contributed by atoms with E-state index in [-0.39, 0.29) is 70.2 Å². The summed E-state index contributed by atoms with van der Waals surface area (Å²) in [6.45, 7) is 2.35. The maximum absolute atomic E-state index is 12.9. The van der Waals surface area contributed by atoms with Crippen molar-refractivity contribution in [3.05, 3.63) is 71.8 Å². The van der Waals surface area contributed by atoms with Crippen LogP contribution in [-0.2, 0) is 28.6 Å². The summed E-state index contributed by atoms with van der Waals surface area (Å²) in [7, 11) is 0. The second-order valence-electron chi connectivity index (χ2n) is 10.9. The Hall–Kier alpha value is -4.22. The number of alkyl carbamates (subject to hydrolysis) is 1. The van der Waals surface area contributed by atoms with Crippen LogP contribution in [0.2, 0.25) is 0 Å². The van der Waals surface area contributed by atoms with Gasteiger partial charge in [-0.25, -0.2) is 9.59 Å². The van der Waals surface area contributed by atoms with Crippen LogP contribution in [0, 0.1) is 5.92 Å². The number of amides is 3. The van der Waals surface area contributed by atoms with Gasteiger partial charge in [0.1, 0.15) is 19.3 Å². The maximum Gasteiger partial charge on any atom is 0.407 e. The predicted octanol–water partition coefficient (Wildman–Crippen LogP) is 2.81. The van der Waals surface area contributed by atoms with Crippen molar-refractivity contribution in [2.75, 3.05) is 39.6 Å². The maximum atomic E-state index is 12.9. The van der Waals surface area contributed by atoms with Gasteiger partial charge < -0.3 is 35.3 Å². The van der Waals surface area contributed by atoms with E-state index in [1.54, 1.807) is 13.0 Å². The largest absolute Gasteiger partial charge is 0.462 e. The Morgan fingerprint density at radius 1 is 1.02 bits per heavy atom. The van der Waals surface area contributed by atoms with Crippen molar-refractivity contribution in [2.45, 2.75) is 50.6 Å². The second kappa shape index (κ2) is 16.6. The van der Waals surface area contributed by atoms with E-state index in [0.29, 0.717) is 12.8 Å². The Morgan fingerprint density at radius 3 is 2.43 bits per heavy atom. The lowest BCUT2D eigenvalue weighted by Gasteiger charge is -2.21. The molecule has 0 bridgehead atoms. The second-order valence-corrected chi connectivity index (χ2v) is 10.9. The van der Waals surface area contributed by atoms with E-state index >= 15 is 0 Å². The van der Waals surface area contributed by atoms with E-state index in [0.717, 1.165) is 22.3 Å². The molecule has 1 aliphatic carbocycles. The molecule has 2 aliphatic rings. The lowest BCUT2D eigenvalue weighted by atomic mass is 9.98. The van der Waals surface area contributed by atoms with Crippen LogP contribution in [0.3, 0.4) is 0 Å². The van der Waals surface area contributed by atoms with Crippen molar-refractivity contribution in [3.8, 4) is 11.1 Å². The summed E-state index contributed by atoms with van der Waals surface area (Å²) in [5.41, 5.74) is 4.42. The first-order valence-electron chi connectivity index (χ1n) is 15.1. The fourth-order valence-corrected chi connectivity index (χ4v) is 5.39. The summed E-state index contributed by atoms with van der Waals surface area (Å²) >= 11 is 0. The fraction of sp³-hybridized carbons (Fsp3) is 0.455. The highest BCUT2D eigenvalue weighted by molar-refractivity contribution is 5.86. The zero-order chi connectivity index (χ0) is 31.3. The number of ether oxygens (including phenoxy) is 3. The quantitative estimate of drug-likeness (QED) is 0.183. The van der Waals surface area contributed by atoms with Gasteiger partial charge in [0.05, 0.1) is 31.8 Å². The predicted molar refractivity (Wildman–Crippen MR) is 163 cm³/mol. The van der Waals surface area contributed by atoms with Crippen LogP contribution in [-0.4, -0.2) is 80.6 Å². The molecule has 1 aliphatic heterocycles. The van der Waals surface area contributed by atoms with E-state index in [4.69, 9.17) is 19.3 Å². The molecule has 3 atom stereocenters. The van der Waals surface area contributed by atoms with Gasteiger partial charge in [0.15, 0.2) is 0 Å². The van der Waals surface area contributed by atoms with Crippen molar-refractivity contribution >= 4 is 23.9 Å². The first-order chi connectivity index (χ1) is 21.4. The summed E-state index contributed by atoms with van der Waals surface area (Å²) in [4.78, 5) is 51.1. The molecule has 4 N–H and O–H groups in total. The number of hydrogen-bond acceptors (Lipinski definition) is 8. The number of aliphatic hydroxyl groups excluding tert-OH is 1. The van der Waals surface area contributed by atoms with Crippen LogP contribution >= 0.6 is 0 Å². The Labute approximate surface area is 257 Å². The molecule has 11 heteroatoms. The third-order valence-electron chi connectivity index (χ3n) is 7.60. The summed E-state index contributed by atoms with van der Waals surface area (Å²) in [5.74, 6) is -1.95. The summed E-state index contributed by atoms with van der Waals surface area (Å²) in [6.07, 6.45) is 3.93. The van der Waals surface area contributed by atoms with Crippen molar-refractivity contribution in [2.24, 2.45) is 5.92 Å². The van der Waals surface area contributed by atoms with Crippen molar-refractivity contribution < 1.29 is 38.5 Å². The number of hydrogen-bond donors (Lipinski definition) is 4. The van der Waals surface area contributed by atoms with E-state index < -0.39 is 30.1 Å². The highest BCUT2D eigenvalue weighted by atomic mass is 16.6. The third-order valence-corrected chi connectivity index (χ3v) is 7.60. The molecule has 0 saturated heterocycles. The first-order valence-corrected chi connectivity index (χ1v) is 15.1. The Bertz CT molecular complexity index is 1280. The van der Waals surface area contributed by atoms with Crippen LogP contribution in [0.1, 0.15) is 49.7 Å². The Morgan fingerprint density at radius 2 is 1.73 bits per heavy atom. The van der Waals surface area contributed by atoms with Crippen LogP contribution in [0.5, 0.6) is 0 Å². The van der Waals surface area contributed by atoms with Gasteiger partial charge in [-0.05, 0) is 48.4 Å². The molecular weight excluding hydrogens is 566 g/mol. The lowest BCUT2D eigenvalue weighted by Crippen LogP contribution is -2.45. The molecule has 3 amide bonds. The summed E-state index contributed by atoms with van der Waals surface area (Å²) in [5, 5.41) is 16.9. The van der Waals surface area contributed by atoms with E-state index in [9.17, 15) is 19.2 Å². The minimum atomic E-state index is -0.936. The summed E-state index contributed by atoms with van der Waals surface area (Å²) < 4.78 is 16.2. The molecule has 4 rings (SSSR count). The average Bonchev–Trinajstić information content (AvgIpc) is 3.34. The van der Waals surface area contributed by atoms with Crippen LogP contribution in [0.4, 0.5) is 4.79 Å². The molecule has 1 heterocycles. The topological polar surface area (TPSA) is 152 Å². The fourth-order valence-electron chi connectivity index (χ4n) is 5.39. The highest BCUT2D eigenvalue weighted by Gasteiger charge is 2.30. The molecule has 2 aromatic rings. The van der Waals surface area contributed by atoms with Gasteiger partial charge in [-0.2, -0.15) is 0 Å². The molecular formula is C33H41N3O8. The van der Waals surface area contributed by atoms with Gasteiger partial charge in [0, 0.05) is 18.9 Å². The Balaban J connectivity index is 1.32. The monoisotopic (exact) mass is 607 g/mol. The van der Waals surface area contributed by atoms with Gasteiger partial charge >= 0.3 is 12.1 Å². The lowest BCUT2D eigenvalue weighted by molar-refractivity contribution is -0.147. The molecule has 0 radical (unpaired) electrons. The van der Waals surface area contributed by atoms with Gasteiger partial charge in [0.25, 0.3) is 0 Å². The van der Waals surface area contributed by atoms with E-state index in [1.807, 2.05) is 42.5 Å². The zero-order valence-electron chi connectivity index (χ0n) is 25.0. The average molecular weight is 608 g/mol. The van der Waals surface area contributed by atoms with Gasteiger partial charge in [-0.1, -0.05) is 60.7 Å². The van der Waals surface area contributed by atoms with E-state index in [2.05, 4.69) is 28.1 Å². The van der Waals surface area contributed by atoms with Gasteiger partial charge in [-0.15, -0.1) is 0 Å². The number of esters is 1. The number of nitrogens with one attached hydrogen (secondary N) is 3. The smallest absolute Gasteiger partial charge is 0.407 e. The third kappa shape index (κ3) is 9.14. The van der Waals surface area contributed by atoms with Gasteiger partial charge in [0.2, 0.25) is 11.8 Å². The Kier molecular flexibility index (Phi) is 12.3. The number of aliphatic hydroxyl groups is 1. The molecule has 0 saturated carbocycles. The minimum absolute atomic E-state index is 0.0192. The molecule has 2 aromatic carbocycles.